The molecule has 0 bridgehead atoms. The molecule has 228 valence electrons. The van der Waals surface area contributed by atoms with Crippen LogP contribution in [0.1, 0.15) is 81.7 Å². The van der Waals surface area contributed by atoms with E-state index in [0.717, 1.165) is 6.42 Å². The number of rotatable bonds is 7. The zero-order valence-corrected chi connectivity index (χ0v) is 27.8. The number of aryl methyl sites for hydroxylation is 1. The summed E-state index contributed by atoms with van der Waals surface area (Å²) in [6, 6.07) is 45.8. The van der Waals surface area contributed by atoms with E-state index in [4.69, 9.17) is 0 Å². The third kappa shape index (κ3) is 4.28. The van der Waals surface area contributed by atoms with Crippen molar-refractivity contribution in [3.05, 3.63) is 149 Å². The van der Waals surface area contributed by atoms with Crippen LogP contribution in [0.2, 0.25) is 0 Å². The first kappa shape index (κ1) is 28.8. The second-order valence-corrected chi connectivity index (χ2v) is 14.4. The van der Waals surface area contributed by atoms with E-state index in [2.05, 4.69) is 161 Å². The van der Waals surface area contributed by atoms with E-state index in [1.807, 2.05) is 0 Å². The Hall–Kier alpha value is -4.62. The maximum absolute atomic E-state index is 2.54. The van der Waals surface area contributed by atoms with Gasteiger partial charge in [0.15, 0.2) is 0 Å². The Bertz CT molecular complexity index is 2100. The minimum Gasteiger partial charge on any atom is -0.310 e. The second kappa shape index (κ2) is 10.7. The quantitative estimate of drug-likeness (QED) is 0.165. The summed E-state index contributed by atoms with van der Waals surface area (Å²) in [7, 11) is 0. The normalized spacial score (nSPS) is 14.9. The average molecular weight is 598 g/mol. The van der Waals surface area contributed by atoms with E-state index in [0.29, 0.717) is 0 Å². The molecule has 46 heavy (non-hydrogen) atoms. The lowest BCUT2D eigenvalue weighted by Crippen LogP contribution is -2.18. The largest absolute Gasteiger partial charge is 0.310 e. The highest BCUT2D eigenvalue weighted by molar-refractivity contribution is 6.10. The molecule has 0 aromatic heterocycles. The monoisotopic (exact) mass is 597 g/mol. The first-order chi connectivity index (χ1) is 22.3. The van der Waals surface area contributed by atoms with E-state index < -0.39 is 0 Å². The Morgan fingerprint density at radius 2 is 1.11 bits per heavy atom. The van der Waals surface area contributed by atoms with Gasteiger partial charge in [0.25, 0.3) is 0 Å². The maximum atomic E-state index is 2.54. The molecule has 0 unspecified atom stereocenters. The average Bonchev–Trinajstić information content (AvgIpc) is 3.44. The Labute approximate surface area is 274 Å². The fourth-order valence-electron chi connectivity index (χ4n) is 8.34. The summed E-state index contributed by atoms with van der Waals surface area (Å²) in [4.78, 5) is 2.47. The minimum atomic E-state index is -0.147. The summed E-state index contributed by atoms with van der Waals surface area (Å²) in [5.41, 5.74) is 16.1. The first-order valence-corrected chi connectivity index (χ1v) is 17.1. The molecule has 0 atom stereocenters. The molecule has 2 aliphatic rings. The van der Waals surface area contributed by atoms with Crippen LogP contribution in [0.4, 0.5) is 17.1 Å². The number of anilines is 3. The predicted octanol–water partition coefficient (Wildman–Crippen LogP) is 12.7. The van der Waals surface area contributed by atoms with Gasteiger partial charge in [-0.05, 0) is 111 Å². The van der Waals surface area contributed by atoms with Crippen LogP contribution in [0, 0.1) is 0 Å². The summed E-state index contributed by atoms with van der Waals surface area (Å²) in [6.07, 6.45) is 4.91. The lowest BCUT2D eigenvalue weighted by molar-refractivity contribution is 0.652. The number of hydrogen-bond acceptors (Lipinski definition) is 1. The maximum Gasteiger partial charge on any atom is 0.0543 e. The summed E-state index contributed by atoms with van der Waals surface area (Å²) >= 11 is 0. The predicted molar refractivity (Wildman–Crippen MR) is 197 cm³/mol. The van der Waals surface area contributed by atoms with E-state index in [1.54, 1.807) is 0 Å². The molecule has 2 aliphatic carbocycles. The Morgan fingerprint density at radius 1 is 0.500 bits per heavy atom. The molecule has 1 nitrogen and oxygen atoms in total. The highest BCUT2D eigenvalue weighted by Crippen LogP contribution is 2.58. The van der Waals surface area contributed by atoms with Gasteiger partial charge in [-0.2, -0.15) is 0 Å². The molecule has 0 saturated carbocycles. The third-order valence-corrected chi connectivity index (χ3v) is 10.9. The standard InChI is InChI=1S/C45H43N/c1-6-7-9-16-30-23-25-32(26-24-30)46(31-17-10-8-11-18-31)42-29-41-43(35-21-13-12-20-34(35)42)37-28-39-36(27-40(37)45(41,4)5)33-19-14-15-22-38(33)44(39,2)3/h8,10-15,17-29H,6-7,9,16H2,1-5H3. The van der Waals surface area contributed by atoms with Crippen LogP contribution >= 0.6 is 0 Å². The van der Waals surface area contributed by atoms with Crippen molar-refractivity contribution < 1.29 is 0 Å². The highest BCUT2D eigenvalue weighted by Gasteiger charge is 2.42. The van der Waals surface area contributed by atoms with E-state index >= 15 is 0 Å². The molecule has 1 heteroatoms. The lowest BCUT2D eigenvalue weighted by Gasteiger charge is -2.30. The fraction of sp³-hybridized carbons (Fsp3) is 0.244. The first-order valence-electron chi connectivity index (χ1n) is 17.1. The number of unbranched alkanes of at least 4 members (excludes halogenated alkanes) is 2. The van der Waals surface area contributed by atoms with Crippen LogP contribution in [0.25, 0.3) is 33.0 Å². The minimum absolute atomic E-state index is 0.0313. The molecular weight excluding hydrogens is 555 g/mol. The van der Waals surface area contributed by atoms with Crippen molar-refractivity contribution in [2.75, 3.05) is 4.90 Å². The van der Waals surface area contributed by atoms with Gasteiger partial charge in [0.05, 0.1) is 5.69 Å². The van der Waals surface area contributed by atoms with Crippen LogP contribution in [-0.4, -0.2) is 0 Å². The zero-order valence-electron chi connectivity index (χ0n) is 27.8. The van der Waals surface area contributed by atoms with Crippen LogP contribution in [0.5, 0.6) is 0 Å². The van der Waals surface area contributed by atoms with Crippen molar-refractivity contribution in [1.29, 1.82) is 0 Å². The van der Waals surface area contributed by atoms with Gasteiger partial charge in [-0.25, -0.2) is 0 Å². The number of hydrogen-bond donors (Lipinski definition) is 0. The van der Waals surface area contributed by atoms with Gasteiger partial charge >= 0.3 is 0 Å². The molecule has 6 aromatic carbocycles. The van der Waals surface area contributed by atoms with Crippen molar-refractivity contribution in [1.82, 2.24) is 0 Å². The van der Waals surface area contributed by atoms with Gasteiger partial charge in [-0.15, -0.1) is 0 Å². The van der Waals surface area contributed by atoms with Crippen LogP contribution in [-0.2, 0) is 17.3 Å². The van der Waals surface area contributed by atoms with E-state index in [1.165, 1.54) is 97.2 Å². The van der Waals surface area contributed by atoms with Crippen molar-refractivity contribution in [3.8, 4) is 22.3 Å². The van der Waals surface area contributed by atoms with Gasteiger partial charge in [0.2, 0.25) is 0 Å². The molecule has 0 heterocycles. The molecule has 0 saturated heterocycles. The number of nitrogens with zero attached hydrogens (tertiary/aromatic N) is 1. The molecule has 0 spiro atoms. The molecule has 8 rings (SSSR count). The Kier molecular flexibility index (Phi) is 6.73. The molecule has 0 radical (unpaired) electrons. The number of benzene rings is 6. The van der Waals surface area contributed by atoms with Crippen molar-refractivity contribution >= 4 is 27.8 Å². The summed E-state index contributed by atoms with van der Waals surface area (Å²) < 4.78 is 0. The smallest absolute Gasteiger partial charge is 0.0543 e. The van der Waals surface area contributed by atoms with Gasteiger partial charge < -0.3 is 4.90 Å². The SMILES string of the molecule is CCCCCc1ccc(N(c2ccccc2)c2cc3c(c4ccccc24)-c2cc4c(cc2C3(C)C)-c2ccccc2C4(C)C)cc1. The molecule has 0 amide bonds. The Balaban J connectivity index is 1.34. The number of para-hydroxylation sites is 1. The molecule has 0 fully saturated rings. The van der Waals surface area contributed by atoms with Gasteiger partial charge in [0, 0.05) is 27.6 Å². The molecular formula is C45H43N. The summed E-state index contributed by atoms with van der Waals surface area (Å²) in [5.74, 6) is 0. The van der Waals surface area contributed by atoms with E-state index in [9.17, 15) is 0 Å². The Morgan fingerprint density at radius 3 is 1.87 bits per heavy atom. The molecule has 0 aliphatic heterocycles. The zero-order chi connectivity index (χ0) is 31.6. The van der Waals surface area contributed by atoms with Crippen molar-refractivity contribution in [2.24, 2.45) is 0 Å². The van der Waals surface area contributed by atoms with Crippen LogP contribution in [0.3, 0.4) is 0 Å². The van der Waals surface area contributed by atoms with E-state index in [-0.39, 0.29) is 10.8 Å². The van der Waals surface area contributed by atoms with Crippen LogP contribution in [0.15, 0.2) is 121 Å². The lowest BCUT2D eigenvalue weighted by atomic mass is 9.79. The highest BCUT2D eigenvalue weighted by atomic mass is 15.1. The van der Waals surface area contributed by atoms with Gasteiger partial charge in [0.1, 0.15) is 0 Å². The molecule has 0 N–H and O–H groups in total. The van der Waals surface area contributed by atoms with Crippen molar-refractivity contribution in [3.63, 3.8) is 0 Å². The number of fused-ring (bicyclic) bond motifs is 8. The topological polar surface area (TPSA) is 3.24 Å². The van der Waals surface area contributed by atoms with Crippen molar-refractivity contribution in [2.45, 2.75) is 71.1 Å². The van der Waals surface area contributed by atoms with Gasteiger partial charge in [-0.1, -0.05) is 126 Å². The molecule has 6 aromatic rings. The second-order valence-electron chi connectivity index (χ2n) is 14.4. The van der Waals surface area contributed by atoms with Gasteiger partial charge in [-0.3, -0.25) is 0 Å². The third-order valence-electron chi connectivity index (χ3n) is 10.9. The summed E-state index contributed by atoms with van der Waals surface area (Å²) in [6.45, 7) is 11.9. The summed E-state index contributed by atoms with van der Waals surface area (Å²) in [5, 5.41) is 2.61. The van der Waals surface area contributed by atoms with Crippen LogP contribution < -0.4 is 4.90 Å². The fourth-order valence-corrected chi connectivity index (χ4v) is 8.34.